The molecule has 1 aromatic heterocycles. The van der Waals surface area contributed by atoms with E-state index in [1.54, 1.807) is 5.38 Å². The van der Waals surface area contributed by atoms with Gasteiger partial charge in [0.25, 0.3) is 5.91 Å². The summed E-state index contributed by atoms with van der Waals surface area (Å²) in [5.41, 5.74) is 1.36. The largest absolute Gasteiger partial charge is 0.298 e. The minimum atomic E-state index is -0.911. The summed E-state index contributed by atoms with van der Waals surface area (Å²) in [6.45, 7) is 0. The van der Waals surface area contributed by atoms with Gasteiger partial charge in [0.1, 0.15) is 11.6 Å². The quantitative estimate of drug-likeness (QED) is 0.670. The molecule has 0 aliphatic heterocycles. The predicted octanol–water partition coefficient (Wildman–Crippen LogP) is 5.10. The van der Waals surface area contributed by atoms with Crippen molar-refractivity contribution in [2.24, 2.45) is 0 Å². The fourth-order valence-corrected chi connectivity index (χ4v) is 3.06. The molecule has 0 fully saturated rings. The van der Waals surface area contributed by atoms with Crippen LogP contribution in [0.4, 0.5) is 13.9 Å². The van der Waals surface area contributed by atoms with Crippen LogP contribution in [-0.2, 0) is 0 Å². The summed E-state index contributed by atoms with van der Waals surface area (Å²) in [5, 5.41) is 4.65. The van der Waals surface area contributed by atoms with Crippen molar-refractivity contribution in [3.05, 3.63) is 69.5 Å². The first-order valence-electron chi connectivity index (χ1n) is 6.51. The molecule has 3 rings (SSSR count). The van der Waals surface area contributed by atoms with E-state index in [0.717, 1.165) is 22.2 Å². The molecule has 23 heavy (non-hydrogen) atoms. The van der Waals surface area contributed by atoms with Gasteiger partial charge >= 0.3 is 0 Å². The molecule has 0 saturated carbocycles. The van der Waals surface area contributed by atoms with Gasteiger partial charge in [-0.2, -0.15) is 0 Å². The van der Waals surface area contributed by atoms with E-state index in [0.29, 0.717) is 16.9 Å². The van der Waals surface area contributed by atoms with Gasteiger partial charge in [0.2, 0.25) is 0 Å². The Morgan fingerprint density at radius 3 is 2.74 bits per heavy atom. The zero-order valence-corrected chi connectivity index (χ0v) is 13.9. The van der Waals surface area contributed by atoms with E-state index in [1.807, 2.05) is 24.3 Å². The van der Waals surface area contributed by atoms with Crippen LogP contribution in [0.2, 0.25) is 0 Å². The van der Waals surface area contributed by atoms with Gasteiger partial charge in [-0.05, 0) is 24.3 Å². The fourth-order valence-electron chi connectivity index (χ4n) is 1.95. The predicted molar refractivity (Wildman–Crippen MR) is 89.6 cm³/mol. The van der Waals surface area contributed by atoms with Crippen molar-refractivity contribution in [2.75, 3.05) is 5.32 Å². The maximum absolute atomic E-state index is 13.6. The molecule has 1 N–H and O–H groups in total. The minimum Gasteiger partial charge on any atom is -0.298 e. The molecule has 0 aliphatic rings. The average molecular weight is 395 g/mol. The van der Waals surface area contributed by atoms with Gasteiger partial charge in [0.05, 0.1) is 11.3 Å². The van der Waals surface area contributed by atoms with Crippen LogP contribution < -0.4 is 5.32 Å². The second-order valence-corrected chi connectivity index (χ2v) is 6.40. The maximum Gasteiger partial charge on any atom is 0.260 e. The number of hydrogen-bond acceptors (Lipinski definition) is 3. The van der Waals surface area contributed by atoms with Crippen molar-refractivity contribution >= 4 is 38.3 Å². The topological polar surface area (TPSA) is 42.0 Å². The number of anilines is 1. The van der Waals surface area contributed by atoms with E-state index in [2.05, 4.69) is 26.2 Å². The molecule has 3 nitrogen and oxygen atoms in total. The molecule has 0 unspecified atom stereocenters. The molecule has 3 aromatic rings. The summed E-state index contributed by atoms with van der Waals surface area (Å²) in [5.74, 6) is -2.31. The highest BCUT2D eigenvalue weighted by atomic mass is 79.9. The molecule has 0 radical (unpaired) electrons. The summed E-state index contributed by atoms with van der Waals surface area (Å²) in [4.78, 5) is 16.3. The smallest absolute Gasteiger partial charge is 0.260 e. The second-order valence-electron chi connectivity index (χ2n) is 4.63. The molecule has 1 heterocycles. The van der Waals surface area contributed by atoms with Crippen molar-refractivity contribution in [3.63, 3.8) is 0 Å². The highest BCUT2D eigenvalue weighted by molar-refractivity contribution is 9.10. The first-order chi connectivity index (χ1) is 11.0. The van der Waals surface area contributed by atoms with Gasteiger partial charge in [-0.15, -0.1) is 11.3 Å². The minimum absolute atomic E-state index is 0.231. The molecule has 1 amide bonds. The molecule has 0 spiro atoms. The molecular formula is C16H9BrF2N2OS. The lowest BCUT2D eigenvalue weighted by Gasteiger charge is -2.03. The van der Waals surface area contributed by atoms with Crippen LogP contribution in [0.3, 0.4) is 0 Å². The Morgan fingerprint density at radius 2 is 2.00 bits per heavy atom. The Morgan fingerprint density at radius 1 is 1.17 bits per heavy atom. The number of benzene rings is 2. The lowest BCUT2D eigenvalue weighted by Crippen LogP contribution is -2.13. The summed E-state index contributed by atoms with van der Waals surface area (Å²) >= 11 is 4.61. The van der Waals surface area contributed by atoms with Gasteiger partial charge in [-0.3, -0.25) is 10.1 Å². The fraction of sp³-hybridized carbons (Fsp3) is 0. The first kappa shape index (κ1) is 15.8. The second kappa shape index (κ2) is 6.55. The van der Waals surface area contributed by atoms with Crippen molar-refractivity contribution in [1.82, 2.24) is 4.98 Å². The van der Waals surface area contributed by atoms with Crippen LogP contribution in [0.25, 0.3) is 11.3 Å². The summed E-state index contributed by atoms with van der Waals surface area (Å²) < 4.78 is 27.4. The van der Waals surface area contributed by atoms with Crippen molar-refractivity contribution in [3.8, 4) is 11.3 Å². The third kappa shape index (κ3) is 3.62. The monoisotopic (exact) mass is 394 g/mol. The number of halogens is 3. The zero-order chi connectivity index (χ0) is 16.4. The summed E-state index contributed by atoms with van der Waals surface area (Å²) in [7, 11) is 0. The number of nitrogens with one attached hydrogen (secondary N) is 1. The highest BCUT2D eigenvalue weighted by Gasteiger charge is 2.14. The molecular weight excluding hydrogens is 386 g/mol. The molecule has 0 saturated heterocycles. The van der Waals surface area contributed by atoms with Crippen LogP contribution in [0.5, 0.6) is 0 Å². The zero-order valence-electron chi connectivity index (χ0n) is 11.5. The summed E-state index contributed by atoms with van der Waals surface area (Å²) in [6, 6.07) is 10.4. The van der Waals surface area contributed by atoms with Crippen LogP contribution in [0.15, 0.2) is 52.3 Å². The number of carbonyl (C=O) groups excluding carboxylic acids is 1. The van der Waals surface area contributed by atoms with Crippen LogP contribution in [-0.4, -0.2) is 10.9 Å². The Hall–Kier alpha value is -2.12. The molecule has 0 bridgehead atoms. The molecule has 0 aliphatic carbocycles. The summed E-state index contributed by atoms with van der Waals surface area (Å²) in [6.07, 6.45) is 0. The Bertz CT molecular complexity index is 882. The number of thiazole rings is 1. The van der Waals surface area contributed by atoms with E-state index < -0.39 is 17.5 Å². The molecule has 0 atom stereocenters. The Kier molecular flexibility index (Phi) is 4.49. The Labute approximate surface area is 143 Å². The highest BCUT2D eigenvalue weighted by Crippen LogP contribution is 2.27. The molecule has 116 valence electrons. The lowest BCUT2D eigenvalue weighted by molar-refractivity contribution is 0.102. The maximum atomic E-state index is 13.6. The van der Waals surface area contributed by atoms with E-state index in [1.165, 1.54) is 11.3 Å². The third-order valence-corrected chi connectivity index (χ3v) is 4.27. The van der Waals surface area contributed by atoms with Gasteiger partial charge in [0, 0.05) is 21.5 Å². The van der Waals surface area contributed by atoms with Crippen LogP contribution in [0.1, 0.15) is 10.4 Å². The van der Waals surface area contributed by atoms with Crippen molar-refractivity contribution in [1.29, 1.82) is 0 Å². The normalized spacial score (nSPS) is 10.6. The first-order valence-corrected chi connectivity index (χ1v) is 8.18. The average Bonchev–Trinajstić information content (AvgIpc) is 2.95. The van der Waals surface area contributed by atoms with Gasteiger partial charge in [0.15, 0.2) is 5.13 Å². The standard InChI is InChI=1S/C16H9BrF2N2OS/c17-10-3-1-2-9(6-10)14-8-23-16(20-14)21-15(22)12-5-4-11(18)7-13(12)19/h1-8H,(H,20,21,22). The number of amides is 1. The SMILES string of the molecule is O=C(Nc1nc(-c2cccc(Br)c2)cs1)c1ccc(F)cc1F. The van der Waals surface area contributed by atoms with Gasteiger partial charge in [-0.25, -0.2) is 13.8 Å². The van der Waals surface area contributed by atoms with Crippen LogP contribution >= 0.6 is 27.3 Å². The lowest BCUT2D eigenvalue weighted by atomic mass is 10.2. The number of carbonyl (C=O) groups is 1. The third-order valence-electron chi connectivity index (χ3n) is 3.02. The van der Waals surface area contributed by atoms with E-state index in [-0.39, 0.29) is 5.56 Å². The Balaban J connectivity index is 1.80. The number of hydrogen-bond donors (Lipinski definition) is 1. The van der Waals surface area contributed by atoms with Gasteiger partial charge < -0.3 is 0 Å². The van der Waals surface area contributed by atoms with E-state index >= 15 is 0 Å². The van der Waals surface area contributed by atoms with Crippen LogP contribution in [0, 0.1) is 11.6 Å². The number of aromatic nitrogens is 1. The van der Waals surface area contributed by atoms with E-state index in [9.17, 15) is 13.6 Å². The van der Waals surface area contributed by atoms with Crippen molar-refractivity contribution in [2.45, 2.75) is 0 Å². The number of rotatable bonds is 3. The number of nitrogens with zero attached hydrogens (tertiary/aromatic N) is 1. The molecule has 2 aromatic carbocycles. The van der Waals surface area contributed by atoms with Gasteiger partial charge in [-0.1, -0.05) is 28.1 Å². The molecule has 7 heteroatoms. The van der Waals surface area contributed by atoms with E-state index in [4.69, 9.17) is 0 Å². The van der Waals surface area contributed by atoms with Crippen molar-refractivity contribution < 1.29 is 13.6 Å².